The highest BCUT2D eigenvalue weighted by Crippen LogP contribution is 2.41. The molecule has 1 unspecified atom stereocenters. The second kappa shape index (κ2) is 10.2. The molecule has 0 aliphatic carbocycles. The molecule has 5 rings (SSSR count). The summed E-state index contributed by atoms with van der Waals surface area (Å²) in [6.07, 6.45) is 5.15. The predicted molar refractivity (Wildman–Crippen MR) is 142 cm³/mol. The van der Waals surface area contributed by atoms with E-state index in [4.69, 9.17) is 19.9 Å². The van der Waals surface area contributed by atoms with Crippen molar-refractivity contribution in [3.63, 3.8) is 0 Å². The number of amides is 1. The normalized spacial score (nSPS) is 20.6. The predicted octanol–water partition coefficient (Wildman–Crippen LogP) is 4.00. The Morgan fingerprint density at radius 1 is 1.16 bits per heavy atom. The second-order valence-electron chi connectivity index (χ2n) is 10.4. The van der Waals surface area contributed by atoms with E-state index in [1.54, 1.807) is 20.3 Å². The number of piperidine rings is 1. The minimum atomic E-state index is -0.688. The number of ketones is 1. The summed E-state index contributed by atoms with van der Waals surface area (Å²) in [6, 6.07) is 11.8. The average molecular weight is 506 g/mol. The number of carbonyl (C=O) groups is 2. The van der Waals surface area contributed by atoms with Gasteiger partial charge in [0.15, 0.2) is 5.78 Å². The molecule has 2 aromatic carbocycles. The summed E-state index contributed by atoms with van der Waals surface area (Å²) in [4.78, 5) is 27.0. The lowest BCUT2D eigenvalue weighted by molar-refractivity contribution is -0.00665. The van der Waals surface area contributed by atoms with Gasteiger partial charge in [-0.2, -0.15) is 0 Å². The van der Waals surface area contributed by atoms with Gasteiger partial charge in [0.05, 0.1) is 25.7 Å². The lowest BCUT2D eigenvalue weighted by atomic mass is 9.89. The molecule has 3 heterocycles. The van der Waals surface area contributed by atoms with Gasteiger partial charge in [-0.3, -0.25) is 9.59 Å². The van der Waals surface area contributed by atoms with E-state index in [0.717, 1.165) is 61.1 Å². The summed E-state index contributed by atoms with van der Waals surface area (Å²) in [5.41, 5.74) is 7.96. The number of rotatable bonds is 8. The van der Waals surface area contributed by atoms with Crippen LogP contribution in [0.4, 0.5) is 0 Å². The zero-order valence-electron chi connectivity index (χ0n) is 21.8. The quantitative estimate of drug-likeness (QED) is 0.497. The molecule has 1 amide bonds. The Balaban J connectivity index is 1.29. The molecule has 2 aliphatic heterocycles. The van der Waals surface area contributed by atoms with Gasteiger partial charge in [-0.15, -0.1) is 0 Å². The minimum Gasteiger partial charge on any atom is -0.496 e. The number of Topliss-reactive ketones (excluding diaryl/α,β-unsaturated/α-hetero) is 1. The first-order valence-electron chi connectivity index (χ1n) is 12.9. The van der Waals surface area contributed by atoms with Crippen molar-refractivity contribution in [1.29, 1.82) is 0 Å². The van der Waals surface area contributed by atoms with Crippen LogP contribution >= 0.6 is 0 Å². The van der Waals surface area contributed by atoms with E-state index < -0.39 is 11.5 Å². The maximum Gasteiger partial charge on any atom is 0.248 e. The number of primary amides is 1. The first-order valence-corrected chi connectivity index (χ1v) is 12.9. The Morgan fingerprint density at radius 3 is 2.65 bits per heavy atom. The van der Waals surface area contributed by atoms with E-state index in [1.165, 1.54) is 0 Å². The van der Waals surface area contributed by atoms with Crippen molar-refractivity contribution in [2.24, 2.45) is 5.73 Å². The fraction of sp³-hybridized carbons (Fsp3) is 0.448. The molecular formula is C29H35N3O5. The van der Waals surface area contributed by atoms with E-state index in [1.807, 2.05) is 31.2 Å². The molecule has 1 aromatic heterocycles. The number of carbonyl (C=O) groups excluding carboxylic acids is 2. The van der Waals surface area contributed by atoms with Gasteiger partial charge in [-0.25, -0.2) is 0 Å². The Labute approximate surface area is 217 Å². The largest absolute Gasteiger partial charge is 0.496 e. The highest BCUT2D eigenvalue weighted by molar-refractivity contribution is 6.01. The van der Waals surface area contributed by atoms with Crippen LogP contribution in [0.1, 0.15) is 58.5 Å². The van der Waals surface area contributed by atoms with Crippen LogP contribution in [0.5, 0.6) is 11.5 Å². The Hall–Kier alpha value is -3.36. The monoisotopic (exact) mass is 505 g/mol. The highest BCUT2D eigenvalue weighted by Gasteiger charge is 2.38. The van der Waals surface area contributed by atoms with E-state index in [9.17, 15) is 9.59 Å². The first-order chi connectivity index (χ1) is 17.8. The summed E-state index contributed by atoms with van der Waals surface area (Å²) in [5.74, 6) is 1.04. The number of hydrogen-bond acceptors (Lipinski definition) is 6. The van der Waals surface area contributed by atoms with Gasteiger partial charge >= 0.3 is 0 Å². The summed E-state index contributed by atoms with van der Waals surface area (Å²) in [7, 11) is 3.28. The molecule has 1 fully saturated rings. The molecule has 1 saturated heterocycles. The van der Waals surface area contributed by atoms with Crippen LogP contribution in [-0.2, 0) is 11.2 Å². The van der Waals surface area contributed by atoms with Crippen molar-refractivity contribution in [3.8, 4) is 11.5 Å². The van der Waals surface area contributed by atoms with E-state index >= 15 is 0 Å². The van der Waals surface area contributed by atoms with Gasteiger partial charge < -0.3 is 29.4 Å². The molecular weight excluding hydrogens is 470 g/mol. The van der Waals surface area contributed by atoms with Gasteiger partial charge in [0.25, 0.3) is 0 Å². The van der Waals surface area contributed by atoms with Crippen molar-refractivity contribution in [1.82, 2.24) is 9.47 Å². The third kappa shape index (κ3) is 4.95. The van der Waals surface area contributed by atoms with Crippen LogP contribution in [0.25, 0.3) is 10.9 Å². The van der Waals surface area contributed by atoms with Crippen LogP contribution < -0.4 is 15.2 Å². The van der Waals surface area contributed by atoms with Gasteiger partial charge in [-0.05, 0) is 61.9 Å². The smallest absolute Gasteiger partial charge is 0.248 e. The number of benzene rings is 2. The van der Waals surface area contributed by atoms with Crippen LogP contribution in [0.3, 0.4) is 0 Å². The van der Waals surface area contributed by atoms with E-state index in [2.05, 4.69) is 21.7 Å². The third-order valence-corrected chi connectivity index (χ3v) is 7.71. The number of nitrogens with zero attached hydrogens (tertiary/aromatic N) is 2. The van der Waals surface area contributed by atoms with Crippen molar-refractivity contribution in [2.45, 2.75) is 44.2 Å². The minimum absolute atomic E-state index is 0.0731. The zero-order valence-corrected chi connectivity index (χ0v) is 21.8. The summed E-state index contributed by atoms with van der Waals surface area (Å²) >= 11 is 0. The Bertz CT molecular complexity index is 1320. The van der Waals surface area contributed by atoms with Crippen molar-refractivity contribution in [3.05, 3.63) is 59.3 Å². The average Bonchev–Trinajstić information content (AvgIpc) is 3.31. The lowest BCUT2D eigenvalue weighted by Crippen LogP contribution is -2.43. The molecule has 0 saturated carbocycles. The Kier molecular flexibility index (Phi) is 6.96. The SMILES string of the molecule is COCC1(C)CC(=O)c2ccc(OC)c(CCN3CCC(n4ccc5ccc(C(N)=O)cc54)CC3)c2O1. The molecule has 3 aromatic rings. The Morgan fingerprint density at radius 2 is 1.95 bits per heavy atom. The van der Waals surface area contributed by atoms with Gasteiger partial charge in [0.1, 0.15) is 17.1 Å². The number of aromatic nitrogens is 1. The molecule has 196 valence electrons. The van der Waals surface area contributed by atoms with Crippen LogP contribution in [0, 0.1) is 0 Å². The molecule has 0 bridgehead atoms. The zero-order chi connectivity index (χ0) is 26.2. The molecule has 37 heavy (non-hydrogen) atoms. The second-order valence-corrected chi connectivity index (χ2v) is 10.4. The summed E-state index contributed by atoms with van der Waals surface area (Å²) in [5, 5.41) is 1.11. The van der Waals surface area contributed by atoms with Crippen molar-refractivity contribution >= 4 is 22.6 Å². The van der Waals surface area contributed by atoms with Crippen molar-refractivity contribution < 1.29 is 23.8 Å². The van der Waals surface area contributed by atoms with Crippen LogP contribution in [0.2, 0.25) is 0 Å². The number of hydrogen-bond donors (Lipinski definition) is 1. The fourth-order valence-corrected chi connectivity index (χ4v) is 5.79. The summed E-state index contributed by atoms with van der Waals surface area (Å²) in [6.45, 7) is 5.02. The van der Waals surface area contributed by atoms with Crippen molar-refractivity contribution in [2.75, 3.05) is 40.5 Å². The number of nitrogens with two attached hydrogens (primary N) is 1. The molecule has 1 atom stereocenters. The number of fused-ring (bicyclic) bond motifs is 2. The van der Waals surface area contributed by atoms with Gasteiger partial charge in [-0.1, -0.05) is 6.07 Å². The number of likely N-dealkylation sites (tertiary alicyclic amines) is 1. The topological polar surface area (TPSA) is 96.0 Å². The third-order valence-electron chi connectivity index (χ3n) is 7.71. The standard InChI is InChI=1S/C29H35N3O5/c1-29(18-35-2)17-25(33)22-6-7-26(36-3)23(27(22)37-29)11-14-31-12-9-21(10-13-31)32-15-8-19-4-5-20(28(30)34)16-24(19)32/h4-8,15-16,21H,9-14,17-18H2,1-3H3,(H2,30,34). The number of ether oxygens (including phenoxy) is 3. The van der Waals surface area contributed by atoms with E-state index in [-0.39, 0.29) is 5.78 Å². The molecule has 8 nitrogen and oxygen atoms in total. The molecule has 2 aliphatic rings. The molecule has 2 N–H and O–H groups in total. The van der Waals surface area contributed by atoms with Gasteiger partial charge in [0.2, 0.25) is 5.91 Å². The number of methoxy groups -OCH3 is 2. The molecule has 8 heteroatoms. The van der Waals surface area contributed by atoms with Gasteiger partial charge in [0, 0.05) is 55.6 Å². The fourth-order valence-electron chi connectivity index (χ4n) is 5.79. The molecule has 0 radical (unpaired) electrons. The maximum atomic E-state index is 12.9. The first kappa shape index (κ1) is 25.3. The maximum absolute atomic E-state index is 12.9. The lowest BCUT2D eigenvalue weighted by Gasteiger charge is -2.36. The van der Waals surface area contributed by atoms with Crippen LogP contribution in [0.15, 0.2) is 42.6 Å². The van der Waals surface area contributed by atoms with E-state index in [0.29, 0.717) is 35.9 Å². The van der Waals surface area contributed by atoms with Crippen LogP contribution in [-0.4, -0.2) is 67.2 Å². The molecule has 0 spiro atoms. The highest BCUT2D eigenvalue weighted by atomic mass is 16.5. The summed E-state index contributed by atoms with van der Waals surface area (Å²) < 4.78 is 19.7.